The second-order valence-corrected chi connectivity index (χ2v) is 11.8. The monoisotopic (exact) mass is 529 g/mol. The molecule has 0 saturated carbocycles. The minimum Gasteiger partial charge on any atom is -0.467 e. The zero-order valence-electron chi connectivity index (χ0n) is 19.8. The van der Waals surface area contributed by atoms with Crippen molar-refractivity contribution in [3.05, 3.63) is 114 Å². The summed E-state index contributed by atoms with van der Waals surface area (Å²) in [7, 11) is -3.69. The van der Waals surface area contributed by atoms with E-state index in [-0.39, 0.29) is 17.3 Å². The van der Waals surface area contributed by atoms with Crippen molar-refractivity contribution in [2.45, 2.75) is 24.4 Å². The van der Waals surface area contributed by atoms with Crippen LogP contribution in [0, 0.1) is 0 Å². The van der Waals surface area contributed by atoms with E-state index in [1.54, 1.807) is 35.4 Å². The maximum Gasteiger partial charge on any atom is 0.260 e. The highest BCUT2D eigenvalue weighted by atomic mass is 32.2. The number of carbonyl (C=O) groups is 1. The maximum atomic E-state index is 13.6. The molecule has 37 heavy (non-hydrogen) atoms. The summed E-state index contributed by atoms with van der Waals surface area (Å²) in [6.07, 6.45) is 2.24. The molecule has 7 nitrogen and oxygen atoms in total. The van der Waals surface area contributed by atoms with Crippen molar-refractivity contribution >= 4 is 42.6 Å². The molecule has 0 N–H and O–H groups in total. The van der Waals surface area contributed by atoms with E-state index in [0.29, 0.717) is 36.0 Å². The summed E-state index contributed by atoms with van der Waals surface area (Å²) in [6.45, 7) is 0.973. The van der Waals surface area contributed by atoms with Crippen LogP contribution in [0.25, 0.3) is 10.2 Å². The second kappa shape index (κ2) is 9.59. The zero-order chi connectivity index (χ0) is 25.4. The Kier molecular flexibility index (Phi) is 6.11. The van der Waals surface area contributed by atoms with Gasteiger partial charge in [0.2, 0.25) is 10.0 Å². The van der Waals surface area contributed by atoms with Crippen LogP contribution in [0.1, 0.15) is 27.2 Å². The second-order valence-electron chi connectivity index (χ2n) is 8.82. The third kappa shape index (κ3) is 4.57. The predicted molar refractivity (Wildman–Crippen MR) is 143 cm³/mol. The van der Waals surface area contributed by atoms with Gasteiger partial charge in [-0.15, -0.1) is 0 Å². The highest BCUT2D eigenvalue weighted by molar-refractivity contribution is 7.89. The topological polar surface area (TPSA) is 83.7 Å². The lowest BCUT2D eigenvalue weighted by molar-refractivity contribution is 0.0983. The number of fused-ring (bicyclic) bond motifs is 2. The van der Waals surface area contributed by atoms with Crippen molar-refractivity contribution in [1.29, 1.82) is 0 Å². The Bertz CT molecular complexity index is 1640. The molecule has 0 spiro atoms. The number of para-hydroxylation sites is 1. The molecule has 0 radical (unpaired) electrons. The van der Waals surface area contributed by atoms with Gasteiger partial charge in [0.25, 0.3) is 5.91 Å². The smallest absolute Gasteiger partial charge is 0.260 e. The van der Waals surface area contributed by atoms with Gasteiger partial charge in [0, 0.05) is 18.7 Å². The first-order chi connectivity index (χ1) is 18.0. The SMILES string of the molecule is O=C(c1ccc(S(=O)(=O)N2CCc3ccccc3C2)cc1)N(Cc1ccco1)c1nc2ccccc2s1. The molecule has 2 aromatic heterocycles. The molecule has 0 saturated heterocycles. The van der Waals surface area contributed by atoms with Crippen molar-refractivity contribution in [1.82, 2.24) is 9.29 Å². The molecule has 3 aromatic carbocycles. The van der Waals surface area contributed by atoms with Gasteiger partial charge in [0.15, 0.2) is 5.13 Å². The first-order valence-corrected chi connectivity index (χ1v) is 14.1. The van der Waals surface area contributed by atoms with E-state index in [0.717, 1.165) is 15.8 Å². The van der Waals surface area contributed by atoms with Crippen molar-refractivity contribution in [2.24, 2.45) is 0 Å². The van der Waals surface area contributed by atoms with E-state index < -0.39 is 10.0 Å². The molecule has 1 amide bonds. The molecular formula is C28H23N3O4S2. The van der Waals surface area contributed by atoms with Crippen molar-refractivity contribution in [3.8, 4) is 0 Å². The fourth-order valence-corrected chi connectivity index (χ4v) is 6.89. The van der Waals surface area contributed by atoms with Gasteiger partial charge in [-0.05, 0) is 66.1 Å². The van der Waals surface area contributed by atoms with Gasteiger partial charge in [-0.1, -0.05) is 47.7 Å². The first kappa shape index (κ1) is 23.6. The van der Waals surface area contributed by atoms with Crippen LogP contribution in [0.5, 0.6) is 0 Å². The van der Waals surface area contributed by atoms with E-state index in [9.17, 15) is 13.2 Å². The predicted octanol–water partition coefficient (Wildman–Crippen LogP) is 5.48. The van der Waals surface area contributed by atoms with E-state index in [1.165, 1.54) is 33.3 Å². The molecule has 0 atom stereocenters. The Balaban J connectivity index is 1.28. The van der Waals surface area contributed by atoms with E-state index >= 15 is 0 Å². The lowest BCUT2D eigenvalue weighted by atomic mass is 10.0. The number of nitrogens with zero attached hydrogens (tertiary/aromatic N) is 3. The Morgan fingerprint density at radius 2 is 1.70 bits per heavy atom. The minimum atomic E-state index is -3.69. The zero-order valence-corrected chi connectivity index (χ0v) is 21.4. The molecule has 186 valence electrons. The summed E-state index contributed by atoms with van der Waals surface area (Å²) in [5, 5.41) is 0.547. The van der Waals surface area contributed by atoms with E-state index in [4.69, 9.17) is 4.42 Å². The van der Waals surface area contributed by atoms with Gasteiger partial charge < -0.3 is 4.42 Å². The third-order valence-corrected chi connectivity index (χ3v) is 9.41. The van der Waals surface area contributed by atoms with Crippen molar-refractivity contribution in [2.75, 3.05) is 11.4 Å². The molecule has 1 aliphatic rings. The van der Waals surface area contributed by atoms with Crippen LogP contribution < -0.4 is 4.90 Å². The van der Waals surface area contributed by atoms with Crippen molar-refractivity contribution < 1.29 is 17.6 Å². The van der Waals surface area contributed by atoms with Crippen LogP contribution in [0.2, 0.25) is 0 Å². The third-order valence-electron chi connectivity index (χ3n) is 6.49. The Morgan fingerprint density at radius 3 is 2.46 bits per heavy atom. The fraction of sp³-hybridized carbons (Fsp3) is 0.143. The minimum absolute atomic E-state index is 0.168. The number of hydrogen-bond donors (Lipinski definition) is 0. The number of thiazole rings is 1. The number of anilines is 1. The summed E-state index contributed by atoms with van der Waals surface area (Å²) in [5.41, 5.74) is 3.38. The molecule has 0 fully saturated rings. The van der Waals surface area contributed by atoms with E-state index in [1.807, 2.05) is 48.5 Å². The summed E-state index contributed by atoms with van der Waals surface area (Å²) in [4.78, 5) is 20.0. The molecule has 0 aliphatic carbocycles. The average Bonchev–Trinajstić information content (AvgIpc) is 3.61. The number of sulfonamides is 1. The van der Waals surface area contributed by atoms with Gasteiger partial charge in [-0.3, -0.25) is 9.69 Å². The van der Waals surface area contributed by atoms with E-state index in [2.05, 4.69) is 4.98 Å². The molecule has 0 unspecified atom stereocenters. The van der Waals surface area contributed by atoms with Crippen LogP contribution in [0.3, 0.4) is 0 Å². The number of rotatable bonds is 6. The van der Waals surface area contributed by atoms with Crippen LogP contribution in [-0.4, -0.2) is 30.2 Å². The number of carbonyl (C=O) groups excluding carboxylic acids is 1. The van der Waals surface area contributed by atoms with Crippen LogP contribution in [0.15, 0.2) is 101 Å². The quantitative estimate of drug-likeness (QED) is 0.291. The number of benzene rings is 3. The average molecular weight is 530 g/mol. The molecule has 1 aliphatic heterocycles. The largest absolute Gasteiger partial charge is 0.467 e. The summed E-state index contributed by atoms with van der Waals surface area (Å²) in [6, 6.07) is 25.3. The van der Waals surface area contributed by atoms with Crippen LogP contribution >= 0.6 is 11.3 Å². The lowest BCUT2D eigenvalue weighted by Gasteiger charge is -2.28. The van der Waals surface area contributed by atoms with Gasteiger partial charge in [-0.25, -0.2) is 13.4 Å². The summed E-state index contributed by atoms with van der Waals surface area (Å²) < 4.78 is 34.7. The lowest BCUT2D eigenvalue weighted by Crippen LogP contribution is -2.36. The van der Waals surface area contributed by atoms with Crippen LogP contribution in [-0.2, 0) is 29.5 Å². The standard InChI is InChI=1S/C28H23N3O4S2/c32-27(31(19-23-8-5-17-35-23)28-29-25-9-3-4-10-26(25)36-28)21-11-13-24(14-12-21)37(33,34)30-16-15-20-6-1-2-7-22(20)18-30/h1-14,17H,15-16,18-19H2. The normalized spacial score (nSPS) is 13.9. The number of furan rings is 1. The number of amides is 1. The molecule has 5 aromatic rings. The molecular weight excluding hydrogens is 506 g/mol. The van der Waals surface area contributed by atoms with Gasteiger partial charge in [0.05, 0.1) is 27.9 Å². The molecule has 9 heteroatoms. The number of hydrogen-bond acceptors (Lipinski definition) is 6. The Labute approximate surface area is 218 Å². The molecule has 3 heterocycles. The summed E-state index contributed by atoms with van der Waals surface area (Å²) >= 11 is 1.42. The summed E-state index contributed by atoms with van der Waals surface area (Å²) in [5.74, 6) is 0.337. The number of aromatic nitrogens is 1. The molecule has 0 bridgehead atoms. The van der Waals surface area contributed by atoms with Crippen LogP contribution in [0.4, 0.5) is 5.13 Å². The Morgan fingerprint density at radius 1 is 0.946 bits per heavy atom. The van der Waals surface area contributed by atoms with Gasteiger partial charge in [0.1, 0.15) is 5.76 Å². The Hall–Kier alpha value is -3.79. The van der Waals surface area contributed by atoms with Crippen molar-refractivity contribution in [3.63, 3.8) is 0 Å². The van der Waals surface area contributed by atoms with Gasteiger partial charge in [-0.2, -0.15) is 4.31 Å². The maximum absolute atomic E-state index is 13.6. The highest BCUT2D eigenvalue weighted by Crippen LogP contribution is 2.31. The highest BCUT2D eigenvalue weighted by Gasteiger charge is 2.29. The van der Waals surface area contributed by atoms with Gasteiger partial charge >= 0.3 is 0 Å². The first-order valence-electron chi connectivity index (χ1n) is 11.9. The fourth-order valence-electron chi connectivity index (χ4n) is 4.51. The molecule has 6 rings (SSSR count).